The van der Waals surface area contributed by atoms with E-state index < -0.39 is 0 Å². The van der Waals surface area contributed by atoms with Crippen molar-refractivity contribution in [3.63, 3.8) is 0 Å². The lowest BCUT2D eigenvalue weighted by Crippen LogP contribution is -3.13. The summed E-state index contributed by atoms with van der Waals surface area (Å²) < 4.78 is 9.81. The van der Waals surface area contributed by atoms with Crippen LogP contribution in [0.15, 0.2) is 24.3 Å². The largest absolute Gasteiger partial charge is 0.497 e. The van der Waals surface area contributed by atoms with Gasteiger partial charge in [-0.25, -0.2) is 0 Å². The summed E-state index contributed by atoms with van der Waals surface area (Å²) in [5.41, 5.74) is 2.18. The highest BCUT2D eigenvalue weighted by molar-refractivity contribution is 7.10. The van der Waals surface area contributed by atoms with E-state index in [1.165, 1.54) is 22.1 Å². The molecule has 21 heavy (non-hydrogen) atoms. The van der Waals surface area contributed by atoms with Gasteiger partial charge in [-0.3, -0.25) is 0 Å². The van der Waals surface area contributed by atoms with Gasteiger partial charge in [0.2, 0.25) is 0 Å². The number of piperazine rings is 1. The van der Waals surface area contributed by atoms with Gasteiger partial charge in [0, 0.05) is 17.2 Å². The van der Waals surface area contributed by atoms with Gasteiger partial charge < -0.3 is 14.5 Å². The number of anilines is 1. The Morgan fingerprint density at radius 1 is 1.29 bits per heavy atom. The number of hydrogen-bond donors (Lipinski definition) is 1. The third-order valence-electron chi connectivity index (χ3n) is 3.83. The van der Waals surface area contributed by atoms with Crippen LogP contribution in [0, 0.1) is 0 Å². The summed E-state index contributed by atoms with van der Waals surface area (Å²) in [6, 6.07) is 8.25. The summed E-state index contributed by atoms with van der Waals surface area (Å²) in [4.78, 5) is 3.92. The minimum absolute atomic E-state index is 0.722. The van der Waals surface area contributed by atoms with Crippen molar-refractivity contribution in [1.82, 2.24) is 9.59 Å². The molecule has 0 amide bonds. The Bertz CT molecular complexity index is 581. The van der Waals surface area contributed by atoms with E-state index in [0.717, 1.165) is 48.5 Å². The summed E-state index contributed by atoms with van der Waals surface area (Å²) in [6.07, 6.45) is 0. The number of methoxy groups -OCH3 is 1. The maximum absolute atomic E-state index is 6.07. The molecule has 1 saturated heterocycles. The zero-order valence-corrected chi connectivity index (χ0v) is 13.5. The summed E-state index contributed by atoms with van der Waals surface area (Å²) in [5.74, 6) is 0.897. The first kappa shape index (κ1) is 14.6. The van der Waals surface area contributed by atoms with Gasteiger partial charge in [-0.15, -0.1) is 5.10 Å². The molecule has 1 aromatic heterocycles. The van der Waals surface area contributed by atoms with E-state index in [-0.39, 0.29) is 0 Å². The molecule has 0 unspecified atom stereocenters. The third-order valence-corrected chi connectivity index (χ3v) is 4.82. The molecule has 2 aromatic rings. The first-order valence-corrected chi connectivity index (χ1v) is 8.10. The summed E-state index contributed by atoms with van der Waals surface area (Å²) in [7, 11) is 1.69. The van der Waals surface area contributed by atoms with Crippen LogP contribution in [0.1, 0.15) is 5.69 Å². The molecule has 112 valence electrons. The number of halogens is 1. The normalized spacial score (nSPS) is 16.2. The average Bonchev–Trinajstić information content (AvgIpc) is 2.93. The number of nitrogens with one attached hydrogen (secondary N) is 1. The third kappa shape index (κ3) is 3.45. The molecule has 7 heteroatoms. The monoisotopic (exact) mass is 325 g/mol. The van der Waals surface area contributed by atoms with Crippen LogP contribution in [0.5, 0.6) is 5.75 Å². The van der Waals surface area contributed by atoms with Gasteiger partial charge in [0.15, 0.2) is 0 Å². The van der Waals surface area contributed by atoms with Gasteiger partial charge in [0.1, 0.15) is 22.3 Å². The fourth-order valence-corrected chi connectivity index (χ4v) is 3.22. The second-order valence-corrected chi connectivity index (χ2v) is 6.46. The van der Waals surface area contributed by atoms with Crippen molar-refractivity contribution < 1.29 is 9.64 Å². The molecule has 0 radical (unpaired) electrons. The smallest absolute Gasteiger partial charge is 0.148 e. The highest BCUT2D eigenvalue weighted by atomic mass is 35.5. The Hall–Kier alpha value is -1.37. The fourth-order valence-electron chi connectivity index (χ4n) is 2.59. The quantitative estimate of drug-likeness (QED) is 0.914. The number of rotatable bonds is 4. The van der Waals surface area contributed by atoms with Crippen molar-refractivity contribution in [2.24, 2.45) is 0 Å². The molecule has 0 bridgehead atoms. The van der Waals surface area contributed by atoms with Crippen LogP contribution in [0.3, 0.4) is 0 Å². The van der Waals surface area contributed by atoms with Crippen LogP contribution < -0.4 is 14.5 Å². The molecule has 1 fully saturated rings. The predicted molar refractivity (Wildman–Crippen MR) is 84.5 cm³/mol. The van der Waals surface area contributed by atoms with E-state index in [1.807, 2.05) is 12.1 Å². The van der Waals surface area contributed by atoms with E-state index in [9.17, 15) is 0 Å². The lowest BCUT2D eigenvalue weighted by atomic mass is 10.2. The molecule has 0 atom stereocenters. The van der Waals surface area contributed by atoms with E-state index in [0.29, 0.717) is 0 Å². The molecule has 0 aliphatic carbocycles. The van der Waals surface area contributed by atoms with E-state index in [2.05, 4.69) is 26.6 Å². The molecule has 1 aliphatic heterocycles. The average molecular weight is 326 g/mol. The zero-order valence-electron chi connectivity index (χ0n) is 11.9. The molecule has 1 N–H and O–H groups in total. The first-order chi connectivity index (χ1) is 10.3. The zero-order chi connectivity index (χ0) is 14.7. The van der Waals surface area contributed by atoms with Crippen molar-refractivity contribution in [1.29, 1.82) is 0 Å². The number of ether oxygens (including phenoxy) is 1. The molecule has 2 heterocycles. The van der Waals surface area contributed by atoms with Gasteiger partial charge in [-0.2, -0.15) is 0 Å². The highest BCUT2D eigenvalue weighted by Gasteiger charge is 2.22. The standard InChI is InChI=1S/C14H17ClN4OS/c1-20-12-4-2-11(3-5-12)19-8-6-18(7-9-19)10-13-14(15)21-17-16-13/h2-5H,6-10H2,1H3/p+1. The molecule has 0 spiro atoms. The van der Waals surface area contributed by atoms with Crippen LogP contribution in [-0.4, -0.2) is 42.9 Å². The summed E-state index contributed by atoms with van der Waals surface area (Å²) in [5, 5.41) is 4.09. The van der Waals surface area contributed by atoms with Gasteiger partial charge in [-0.1, -0.05) is 16.1 Å². The van der Waals surface area contributed by atoms with Crippen molar-refractivity contribution in [2.45, 2.75) is 6.54 Å². The molecule has 1 aromatic carbocycles. The van der Waals surface area contributed by atoms with Crippen LogP contribution >= 0.6 is 23.1 Å². The minimum atomic E-state index is 0.722. The van der Waals surface area contributed by atoms with Crippen molar-refractivity contribution >= 4 is 28.8 Å². The first-order valence-electron chi connectivity index (χ1n) is 6.95. The molecule has 5 nitrogen and oxygen atoms in total. The van der Waals surface area contributed by atoms with Gasteiger partial charge in [-0.05, 0) is 24.3 Å². The summed E-state index contributed by atoms with van der Waals surface area (Å²) >= 11 is 7.33. The van der Waals surface area contributed by atoms with Crippen LogP contribution in [-0.2, 0) is 6.54 Å². The number of aromatic nitrogens is 2. The second-order valence-electron chi connectivity index (χ2n) is 5.11. The molecular weight excluding hydrogens is 308 g/mol. The maximum atomic E-state index is 6.07. The highest BCUT2D eigenvalue weighted by Crippen LogP contribution is 2.19. The lowest BCUT2D eigenvalue weighted by Gasteiger charge is -2.33. The van der Waals surface area contributed by atoms with Crippen molar-refractivity contribution in [3.05, 3.63) is 34.3 Å². The Morgan fingerprint density at radius 2 is 2.00 bits per heavy atom. The molecular formula is C14H18ClN4OS+. The van der Waals surface area contributed by atoms with Crippen molar-refractivity contribution in [3.8, 4) is 5.75 Å². The van der Waals surface area contributed by atoms with Crippen LogP contribution in [0.4, 0.5) is 5.69 Å². The van der Waals surface area contributed by atoms with Crippen molar-refractivity contribution in [2.75, 3.05) is 38.2 Å². The minimum Gasteiger partial charge on any atom is -0.497 e. The van der Waals surface area contributed by atoms with E-state index in [1.54, 1.807) is 7.11 Å². The fraction of sp³-hybridized carbons (Fsp3) is 0.429. The van der Waals surface area contributed by atoms with E-state index >= 15 is 0 Å². The topological polar surface area (TPSA) is 42.7 Å². The van der Waals surface area contributed by atoms with Gasteiger partial charge >= 0.3 is 0 Å². The Morgan fingerprint density at radius 3 is 2.57 bits per heavy atom. The van der Waals surface area contributed by atoms with Gasteiger partial charge in [0.25, 0.3) is 0 Å². The number of benzene rings is 1. The molecule has 3 rings (SSSR count). The summed E-state index contributed by atoms with van der Waals surface area (Å²) in [6.45, 7) is 5.11. The molecule has 1 aliphatic rings. The number of nitrogens with zero attached hydrogens (tertiary/aromatic N) is 3. The predicted octanol–water partition coefficient (Wildman–Crippen LogP) is 1.11. The second kappa shape index (κ2) is 6.60. The Kier molecular flexibility index (Phi) is 4.57. The van der Waals surface area contributed by atoms with E-state index in [4.69, 9.17) is 16.3 Å². The number of hydrogen-bond acceptors (Lipinski definition) is 5. The van der Waals surface area contributed by atoms with Gasteiger partial charge in [0.05, 0.1) is 33.3 Å². The number of quaternary nitrogens is 1. The Labute approximate surface area is 133 Å². The lowest BCUT2D eigenvalue weighted by molar-refractivity contribution is -0.914. The Balaban J connectivity index is 1.56. The SMILES string of the molecule is COc1ccc(N2CC[NH+](Cc3nnsc3Cl)CC2)cc1. The maximum Gasteiger partial charge on any atom is 0.148 e. The van der Waals surface area contributed by atoms with Crippen LogP contribution in [0.2, 0.25) is 4.34 Å². The van der Waals surface area contributed by atoms with Crippen LogP contribution in [0.25, 0.3) is 0 Å². The molecule has 0 saturated carbocycles.